The Hall–Kier alpha value is -0.870. The number of nitrogens with zero attached hydrogens (tertiary/aromatic N) is 2. The van der Waals surface area contributed by atoms with Crippen molar-refractivity contribution in [2.24, 2.45) is 4.99 Å². The lowest BCUT2D eigenvalue weighted by atomic mass is 10.1. The first-order valence-electron chi connectivity index (χ1n) is 8.96. The van der Waals surface area contributed by atoms with Crippen LogP contribution in [0.3, 0.4) is 0 Å². The topological polar surface area (TPSA) is 66.3 Å². The first-order valence-corrected chi connectivity index (χ1v) is 9.95. The number of methoxy groups -OCH3 is 2. The summed E-state index contributed by atoms with van der Waals surface area (Å²) in [7, 11) is 3.20. The van der Waals surface area contributed by atoms with Gasteiger partial charge in [0.25, 0.3) is 0 Å². The van der Waals surface area contributed by atoms with Gasteiger partial charge in [-0.25, -0.2) is 0 Å². The Balaban J connectivity index is 0.00000364. The van der Waals surface area contributed by atoms with Gasteiger partial charge in [-0.3, -0.25) is 4.99 Å². The third-order valence-corrected chi connectivity index (χ3v) is 5.53. The van der Waals surface area contributed by atoms with Crippen molar-refractivity contribution in [1.82, 2.24) is 10.2 Å². The Morgan fingerprint density at radius 1 is 1.30 bits per heavy atom. The molecule has 0 saturated carbocycles. The molecule has 2 N–H and O–H groups in total. The molecule has 1 aliphatic heterocycles. The summed E-state index contributed by atoms with van der Waals surface area (Å²) in [5.41, 5.74) is 0.732. The highest BCUT2D eigenvalue weighted by Crippen LogP contribution is 2.30. The summed E-state index contributed by atoms with van der Waals surface area (Å²) >= 11 is 1.99. The van der Waals surface area contributed by atoms with Crippen LogP contribution in [0.4, 0.5) is 0 Å². The highest BCUT2D eigenvalue weighted by atomic mass is 127. The van der Waals surface area contributed by atoms with E-state index in [1.165, 1.54) is 0 Å². The van der Waals surface area contributed by atoms with E-state index in [1.807, 2.05) is 23.9 Å². The zero-order valence-electron chi connectivity index (χ0n) is 16.8. The maximum absolute atomic E-state index is 10.6. The summed E-state index contributed by atoms with van der Waals surface area (Å²) in [6, 6.07) is 5.42. The summed E-state index contributed by atoms with van der Waals surface area (Å²) in [5, 5.41) is 14.0. The molecule has 1 aromatic rings. The van der Waals surface area contributed by atoms with Crippen LogP contribution in [0, 0.1) is 0 Å². The minimum atomic E-state index is -0.722. The van der Waals surface area contributed by atoms with Crippen molar-refractivity contribution in [2.45, 2.75) is 31.6 Å². The number of thioether (sulfide) groups is 1. The highest BCUT2D eigenvalue weighted by molar-refractivity contribution is 14.0. The normalized spacial score (nSPS) is 17.7. The van der Waals surface area contributed by atoms with E-state index in [0.29, 0.717) is 11.5 Å². The van der Waals surface area contributed by atoms with E-state index in [9.17, 15) is 5.11 Å². The Bertz CT molecular complexity index is 606. The van der Waals surface area contributed by atoms with Gasteiger partial charge in [0.2, 0.25) is 0 Å². The number of aliphatic imine (C=N–C) groups is 1. The van der Waals surface area contributed by atoms with Crippen LogP contribution in [0.15, 0.2) is 23.2 Å². The van der Waals surface area contributed by atoms with Gasteiger partial charge in [-0.05, 0) is 38.5 Å². The van der Waals surface area contributed by atoms with Gasteiger partial charge in [0.15, 0.2) is 5.96 Å². The van der Waals surface area contributed by atoms with Crippen molar-refractivity contribution in [3.05, 3.63) is 23.8 Å². The molecular formula is C19H32IN3O3S. The molecule has 1 atom stereocenters. The molecule has 0 aliphatic carbocycles. The maximum Gasteiger partial charge on any atom is 0.194 e. The van der Waals surface area contributed by atoms with Gasteiger partial charge in [0.05, 0.1) is 26.9 Å². The molecule has 1 fully saturated rings. The Kier molecular flexibility index (Phi) is 10.0. The van der Waals surface area contributed by atoms with Gasteiger partial charge in [-0.15, -0.1) is 24.0 Å². The summed E-state index contributed by atoms with van der Waals surface area (Å²) < 4.78 is 10.8. The molecule has 27 heavy (non-hydrogen) atoms. The summed E-state index contributed by atoms with van der Waals surface area (Å²) in [6.45, 7) is 9.54. The monoisotopic (exact) mass is 509 g/mol. The summed E-state index contributed by atoms with van der Waals surface area (Å²) in [6.07, 6.45) is -0.722. The van der Waals surface area contributed by atoms with E-state index in [1.54, 1.807) is 20.3 Å². The first kappa shape index (κ1) is 24.2. The molecule has 8 heteroatoms. The van der Waals surface area contributed by atoms with Crippen molar-refractivity contribution in [2.75, 3.05) is 46.2 Å². The molecule has 6 nitrogen and oxygen atoms in total. The number of ether oxygens (including phenoxy) is 2. The van der Waals surface area contributed by atoms with Crippen molar-refractivity contribution in [1.29, 1.82) is 0 Å². The van der Waals surface area contributed by atoms with Crippen LogP contribution in [0.2, 0.25) is 0 Å². The van der Waals surface area contributed by atoms with Crippen LogP contribution in [-0.2, 0) is 0 Å². The lowest BCUT2D eigenvalue weighted by Crippen LogP contribution is -2.51. The minimum Gasteiger partial charge on any atom is -0.497 e. The maximum atomic E-state index is 10.6. The fraction of sp³-hybridized carbons (Fsp3) is 0.632. The molecule has 0 aromatic heterocycles. The molecule has 0 spiro atoms. The number of halogens is 1. The van der Waals surface area contributed by atoms with Crippen molar-refractivity contribution >= 4 is 41.7 Å². The highest BCUT2D eigenvalue weighted by Gasteiger charge is 2.28. The molecular weight excluding hydrogens is 477 g/mol. The van der Waals surface area contributed by atoms with E-state index < -0.39 is 6.10 Å². The Morgan fingerprint density at radius 2 is 1.93 bits per heavy atom. The summed E-state index contributed by atoms with van der Waals surface area (Å²) in [4.78, 5) is 6.96. The van der Waals surface area contributed by atoms with Crippen molar-refractivity contribution < 1.29 is 14.6 Å². The molecule has 1 unspecified atom stereocenters. The first-order chi connectivity index (χ1) is 12.4. The van der Waals surface area contributed by atoms with Gasteiger partial charge in [0, 0.05) is 36.2 Å². The molecule has 1 aromatic carbocycles. The molecule has 154 valence electrons. The summed E-state index contributed by atoms with van der Waals surface area (Å²) in [5.74, 6) is 3.25. The molecule has 1 heterocycles. The number of aliphatic hydroxyl groups is 1. The van der Waals surface area contributed by atoms with Crippen LogP contribution in [0.25, 0.3) is 0 Å². The minimum absolute atomic E-state index is 0. The number of aliphatic hydroxyl groups excluding tert-OH is 1. The Labute approximate surface area is 184 Å². The molecule has 0 amide bonds. The quantitative estimate of drug-likeness (QED) is 0.349. The zero-order valence-corrected chi connectivity index (χ0v) is 20.0. The number of guanidine groups is 1. The second-order valence-corrected chi connectivity index (χ2v) is 8.69. The number of hydrogen-bond acceptors (Lipinski definition) is 5. The number of benzene rings is 1. The SMILES string of the molecule is CCNC(=NCC(O)c1cc(OC)cc(OC)c1)N1CCSC(C)(C)C1.I. The smallest absolute Gasteiger partial charge is 0.194 e. The van der Waals surface area contributed by atoms with Crippen LogP contribution < -0.4 is 14.8 Å². The van der Waals surface area contributed by atoms with E-state index in [-0.39, 0.29) is 35.3 Å². The molecule has 0 bridgehead atoms. The van der Waals surface area contributed by atoms with Crippen molar-refractivity contribution in [3.63, 3.8) is 0 Å². The van der Waals surface area contributed by atoms with Gasteiger partial charge >= 0.3 is 0 Å². The standard InChI is InChI=1S/C19H31N3O3S.HI/c1-6-20-18(22-7-8-26-19(2,3)13-22)21-12-17(23)14-9-15(24-4)11-16(10-14)25-5;/h9-11,17,23H,6-8,12-13H2,1-5H3,(H,20,21);1H. The molecule has 2 rings (SSSR count). The second kappa shape index (κ2) is 11.2. The average Bonchev–Trinajstić information content (AvgIpc) is 2.63. The van der Waals surface area contributed by atoms with E-state index in [2.05, 4.69) is 36.0 Å². The third-order valence-electron chi connectivity index (χ3n) is 4.23. The third kappa shape index (κ3) is 7.23. The van der Waals surface area contributed by atoms with Gasteiger partial charge in [-0.2, -0.15) is 11.8 Å². The van der Waals surface area contributed by atoms with Crippen molar-refractivity contribution in [3.8, 4) is 11.5 Å². The molecule has 1 saturated heterocycles. The molecule has 0 radical (unpaired) electrons. The largest absolute Gasteiger partial charge is 0.497 e. The van der Waals surface area contributed by atoms with E-state index in [0.717, 1.165) is 36.9 Å². The predicted molar refractivity (Wildman–Crippen MR) is 124 cm³/mol. The average molecular weight is 509 g/mol. The lowest BCUT2D eigenvalue weighted by Gasteiger charge is -2.39. The fourth-order valence-corrected chi connectivity index (χ4v) is 4.03. The predicted octanol–water partition coefficient (Wildman–Crippen LogP) is 3.15. The number of rotatable bonds is 6. The van der Waals surface area contributed by atoms with Crippen LogP contribution in [0.1, 0.15) is 32.4 Å². The number of hydrogen-bond donors (Lipinski definition) is 2. The van der Waals surface area contributed by atoms with Gasteiger partial charge in [-0.1, -0.05) is 0 Å². The second-order valence-electron chi connectivity index (χ2n) is 6.89. The van der Waals surface area contributed by atoms with Crippen LogP contribution in [-0.4, -0.2) is 66.9 Å². The van der Waals surface area contributed by atoms with Gasteiger partial charge < -0.3 is 24.8 Å². The number of nitrogens with one attached hydrogen (secondary N) is 1. The van der Waals surface area contributed by atoms with E-state index >= 15 is 0 Å². The van der Waals surface area contributed by atoms with Crippen LogP contribution >= 0.6 is 35.7 Å². The Morgan fingerprint density at radius 3 is 2.44 bits per heavy atom. The van der Waals surface area contributed by atoms with Crippen LogP contribution in [0.5, 0.6) is 11.5 Å². The van der Waals surface area contributed by atoms with Gasteiger partial charge in [0.1, 0.15) is 11.5 Å². The zero-order chi connectivity index (χ0) is 19.2. The fourth-order valence-electron chi connectivity index (χ4n) is 2.92. The lowest BCUT2D eigenvalue weighted by molar-refractivity contribution is 0.185. The molecule has 1 aliphatic rings. The van der Waals surface area contributed by atoms with E-state index in [4.69, 9.17) is 9.47 Å².